The number of aromatic nitrogens is 5. The zero-order valence-corrected chi connectivity index (χ0v) is 23.5. The minimum Gasteiger partial charge on any atom is -0.368 e. The van der Waals surface area contributed by atoms with Gasteiger partial charge in [0.2, 0.25) is 5.95 Å². The second kappa shape index (κ2) is 10.2. The summed E-state index contributed by atoms with van der Waals surface area (Å²) in [7, 11) is 0. The monoisotopic (exact) mass is 528 g/mol. The van der Waals surface area contributed by atoms with Crippen molar-refractivity contribution in [3.63, 3.8) is 0 Å². The Labute approximate surface area is 229 Å². The van der Waals surface area contributed by atoms with E-state index in [9.17, 15) is 0 Å². The lowest BCUT2D eigenvalue weighted by Gasteiger charge is -2.38. The second-order valence-corrected chi connectivity index (χ2v) is 11.3. The Morgan fingerprint density at radius 1 is 1.00 bits per heavy atom. The second-order valence-electron chi connectivity index (χ2n) is 11.3. The van der Waals surface area contributed by atoms with Gasteiger partial charge in [-0.2, -0.15) is 0 Å². The number of imidazole rings is 1. The summed E-state index contributed by atoms with van der Waals surface area (Å²) < 4.78 is 17.3. The van der Waals surface area contributed by atoms with Crippen LogP contribution in [0.25, 0.3) is 22.3 Å². The number of nitrogens with zero attached hydrogens (tertiary/aromatic N) is 7. The lowest BCUT2D eigenvalue weighted by Crippen LogP contribution is -2.49. The van der Waals surface area contributed by atoms with Crippen LogP contribution in [-0.4, -0.2) is 61.6 Å². The van der Waals surface area contributed by atoms with Crippen molar-refractivity contribution in [1.82, 2.24) is 29.4 Å². The van der Waals surface area contributed by atoms with Crippen LogP contribution in [0.1, 0.15) is 43.8 Å². The van der Waals surface area contributed by atoms with E-state index >= 15 is 4.39 Å². The smallest absolute Gasteiger partial charge is 0.229 e. The molecule has 2 fully saturated rings. The molecule has 3 aromatic heterocycles. The fourth-order valence-electron chi connectivity index (χ4n) is 5.62. The topological polar surface area (TPSA) is 75.0 Å². The van der Waals surface area contributed by atoms with Crippen molar-refractivity contribution in [1.29, 1.82) is 0 Å². The Kier molecular flexibility index (Phi) is 6.71. The third-order valence-corrected chi connectivity index (χ3v) is 8.07. The van der Waals surface area contributed by atoms with Crippen LogP contribution in [-0.2, 0) is 6.54 Å². The molecule has 39 heavy (non-hydrogen) atoms. The van der Waals surface area contributed by atoms with Gasteiger partial charge in [-0.1, -0.05) is 0 Å². The predicted octanol–water partition coefficient (Wildman–Crippen LogP) is 5.64. The molecule has 1 N–H and O–H groups in total. The molecule has 1 saturated heterocycles. The number of pyridine rings is 1. The molecule has 1 aliphatic carbocycles. The minimum absolute atomic E-state index is 0.269. The van der Waals surface area contributed by atoms with Crippen LogP contribution in [0.15, 0.2) is 30.5 Å². The van der Waals surface area contributed by atoms with E-state index in [4.69, 9.17) is 9.97 Å². The van der Waals surface area contributed by atoms with Gasteiger partial charge in [-0.25, -0.2) is 24.3 Å². The third kappa shape index (κ3) is 5.20. The van der Waals surface area contributed by atoms with E-state index in [1.807, 2.05) is 39.0 Å². The number of benzene rings is 1. The standard InChI is InChI=1S/C30H37FN8/c1-18(2)37-10-12-38(13-11-37)25-8-9-27(33-20(25)4)35-30-32-16-24(31)29(36-30)23-14-19(3)28-26(15-23)39(21(5)34-28)17-22-6-7-22/h8-9,14-16,18,22H,6-7,10-13,17H2,1-5H3,(H,32,33,35,36). The molecule has 0 spiro atoms. The largest absolute Gasteiger partial charge is 0.368 e. The number of hydrogen-bond donors (Lipinski definition) is 1. The van der Waals surface area contributed by atoms with E-state index in [0.29, 0.717) is 23.7 Å². The fraction of sp³-hybridized carbons (Fsp3) is 0.467. The molecule has 9 heteroatoms. The maximum atomic E-state index is 15.1. The average Bonchev–Trinajstić information content (AvgIpc) is 3.68. The molecule has 1 aliphatic heterocycles. The molecule has 204 valence electrons. The normalized spacial score (nSPS) is 16.4. The molecule has 0 radical (unpaired) electrons. The number of nitrogens with one attached hydrogen (secondary N) is 1. The highest BCUT2D eigenvalue weighted by molar-refractivity contribution is 5.85. The van der Waals surface area contributed by atoms with Crippen molar-refractivity contribution in [3.8, 4) is 11.3 Å². The van der Waals surface area contributed by atoms with Crippen molar-refractivity contribution < 1.29 is 4.39 Å². The summed E-state index contributed by atoms with van der Waals surface area (Å²) in [5.74, 6) is 2.21. The average molecular weight is 529 g/mol. The van der Waals surface area contributed by atoms with Crippen LogP contribution in [0.5, 0.6) is 0 Å². The summed E-state index contributed by atoms with van der Waals surface area (Å²) in [5, 5.41) is 3.19. The highest BCUT2D eigenvalue weighted by Crippen LogP contribution is 2.34. The quantitative estimate of drug-likeness (QED) is 0.333. The number of fused-ring (bicyclic) bond motifs is 1. The van der Waals surface area contributed by atoms with E-state index in [0.717, 1.165) is 72.1 Å². The van der Waals surface area contributed by atoms with Crippen LogP contribution in [0.2, 0.25) is 0 Å². The van der Waals surface area contributed by atoms with E-state index in [2.05, 4.69) is 49.6 Å². The summed E-state index contributed by atoms with van der Waals surface area (Å²) in [4.78, 5) is 23.3. The van der Waals surface area contributed by atoms with Gasteiger partial charge in [0.25, 0.3) is 0 Å². The van der Waals surface area contributed by atoms with Crippen LogP contribution in [0.4, 0.5) is 21.8 Å². The summed E-state index contributed by atoms with van der Waals surface area (Å²) in [6, 6.07) is 8.58. The highest BCUT2D eigenvalue weighted by atomic mass is 19.1. The summed E-state index contributed by atoms with van der Waals surface area (Å²) in [6.07, 6.45) is 3.75. The Balaban J connectivity index is 1.25. The van der Waals surface area contributed by atoms with E-state index < -0.39 is 5.82 Å². The Morgan fingerprint density at radius 2 is 1.77 bits per heavy atom. The number of rotatable bonds is 7. The molecule has 6 rings (SSSR count). The lowest BCUT2D eigenvalue weighted by atomic mass is 10.1. The van der Waals surface area contributed by atoms with Crippen molar-refractivity contribution in [2.75, 3.05) is 36.4 Å². The lowest BCUT2D eigenvalue weighted by molar-refractivity contribution is 0.209. The predicted molar refractivity (Wildman–Crippen MR) is 154 cm³/mol. The van der Waals surface area contributed by atoms with Gasteiger partial charge in [0.05, 0.1) is 28.6 Å². The van der Waals surface area contributed by atoms with Gasteiger partial charge in [-0.15, -0.1) is 0 Å². The minimum atomic E-state index is -0.454. The molecule has 0 bridgehead atoms. The van der Waals surface area contributed by atoms with Gasteiger partial charge < -0.3 is 14.8 Å². The summed E-state index contributed by atoms with van der Waals surface area (Å²) >= 11 is 0. The Morgan fingerprint density at radius 3 is 2.46 bits per heavy atom. The molecule has 4 aromatic rings. The van der Waals surface area contributed by atoms with Crippen molar-refractivity contribution in [2.24, 2.45) is 5.92 Å². The first-order valence-electron chi connectivity index (χ1n) is 14.0. The van der Waals surface area contributed by atoms with E-state index in [-0.39, 0.29) is 5.69 Å². The van der Waals surface area contributed by atoms with E-state index in [1.165, 1.54) is 19.0 Å². The molecular formula is C30H37FN8. The molecule has 1 saturated carbocycles. The fourth-order valence-corrected chi connectivity index (χ4v) is 5.62. The highest BCUT2D eigenvalue weighted by Gasteiger charge is 2.25. The first-order chi connectivity index (χ1) is 18.8. The van der Waals surface area contributed by atoms with Crippen molar-refractivity contribution in [3.05, 3.63) is 53.4 Å². The summed E-state index contributed by atoms with van der Waals surface area (Å²) in [5.41, 5.74) is 6.09. The number of anilines is 3. The van der Waals surface area contributed by atoms with Gasteiger partial charge in [0.1, 0.15) is 17.3 Å². The third-order valence-electron chi connectivity index (χ3n) is 8.07. The van der Waals surface area contributed by atoms with E-state index in [1.54, 1.807) is 0 Å². The molecule has 8 nitrogen and oxygen atoms in total. The van der Waals surface area contributed by atoms with Gasteiger partial charge in [-0.3, -0.25) is 4.90 Å². The first kappa shape index (κ1) is 25.7. The zero-order valence-electron chi connectivity index (χ0n) is 23.5. The van der Waals surface area contributed by atoms with Crippen LogP contribution < -0.4 is 10.2 Å². The SMILES string of the molecule is Cc1nc(Nc2ncc(F)c(-c3cc(C)c4nc(C)n(CC5CC5)c4c3)n2)ccc1N1CCN(C(C)C)CC1. The Bertz CT molecular complexity index is 1520. The number of hydrogen-bond acceptors (Lipinski definition) is 7. The van der Waals surface area contributed by atoms with Crippen LogP contribution in [0, 0.1) is 32.5 Å². The van der Waals surface area contributed by atoms with Crippen molar-refractivity contribution >= 4 is 28.5 Å². The van der Waals surface area contributed by atoms with Crippen molar-refractivity contribution in [2.45, 2.75) is 60.0 Å². The van der Waals surface area contributed by atoms with Crippen LogP contribution >= 0.6 is 0 Å². The maximum absolute atomic E-state index is 15.1. The molecule has 1 aromatic carbocycles. The van der Waals surface area contributed by atoms with Gasteiger partial charge >= 0.3 is 0 Å². The number of halogens is 1. The molecule has 2 aliphatic rings. The molecular weight excluding hydrogens is 491 g/mol. The zero-order chi connectivity index (χ0) is 27.3. The van der Waals surface area contributed by atoms with Crippen LogP contribution in [0.3, 0.4) is 0 Å². The van der Waals surface area contributed by atoms with Gasteiger partial charge in [0.15, 0.2) is 5.82 Å². The number of piperazine rings is 1. The van der Waals surface area contributed by atoms with Gasteiger partial charge in [0, 0.05) is 44.3 Å². The maximum Gasteiger partial charge on any atom is 0.229 e. The molecule has 0 unspecified atom stereocenters. The molecule has 0 amide bonds. The first-order valence-corrected chi connectivity index (χ1v) is 14.0. The van der Waals surface area contributed by atoms with Gasteiger partial charge in [-0.05, 0) is 83.2 Å². The molecule has 0 atom stereocenters. The Hall–Kier alpha value is -3.59. The molecule has 4 heterocycles. The summed E-state index contributed by atoms with van der Waals surface area (Å²) in [6.45, 7) is 15.6. The number of aryl methyl sites for hydroxylation is 3.